The first-order valence-electron chi connectivity index (χ1n) is 4.83. The SMILES string of the molecule is CCOC(CC=O)Oc1cccc(N)c1. The quantitative estimate of drug-likeness (QED) is 0.439. The molecule has 2 N–H and O–H groups in total. The maximum Gasteiger partial charge on any atom is 0.206 e. The van der Waals surface area contributed by atoms with E-state index >= 15 is 0 Å². The Morgan fingerprint density at radius 3 is 2.93 bits per heavy atom. The van der Waals surface area contributed by atoms with E-state index in [1.54, 1.807) is 24.3 Å². The number of rotatable bonds is 6. The van der Waals surface area contributed by atoms with Crippen molar-refractivity contribution in [1.29, 1.82) is 0 Å². The summed E-state index contributed by atoms with van der Waals surface area (Å²) in [4.78, 5) is 10.4. The van der Waals surface area contributed by atoms with Gasteiger partial charge in [-0.1, -0.05) is 6.07 Å². The van der Waals surface area contributed by atoms with Crippen molar-refractivity contribution in [3.63, 3.8) is 0 Å². The van der Waals surface area contributed by atoms with Crippen LogP contribution in [0.1, 0.15) is 13.3 Å². The molecule has 82 valence electrons. The fraction of sp³-hybridized carbons (Fsp3) is 0.364. The molecule has 0 aliphatic rings. The molecule has 0 amide bonds. The Morgan fingerprint density at radius 1 is 1.53 bits per heavy atom. The minimum absolute atomic E-state index is 0.211. The molecule has 0 heterocycles. The average Bonchev–Trinajstić information content (AvgIpc) is 2.18. The van der Waals surface area contributed by atoms with Crippen LogP contribution in [0.5, 0.6) is 5.75 Å². The molecule has 4 heteroatoms. The molecule has 0 fully saturated rings. The lowest BCUT2D eigenvalue weighted by Crippen LogP contribution is -2.21. The van der Waals surface area contributed by atoms with E-state index in [4.69, 9.17) is 15.2 Å². The number of anilines is 1. The van der Waals surface area contributed by atoms with Gasteiger partial charge < -0.3 is 20.0 Å². The zero-order chi connectivity index (χ0) is 11.1. The number of aldehydes is 1. The lowest BCUT2D eigenvalue weighted by atomic mass is 10.3. The molecule has 0 spiro atoms. The maximum atomic E-state index is 10.4. The highest BCUT2D eigenvalue weighted by Gasteiger charge is 2.09. The topological polar surface area (TPSA) is 61.5 Å². The van der Waals surface area contributed by atoms with Gasteiger partial charge in [0.05, 0.1) is 6.42 Å². The second-order valence-corrected chi connectivity index (χ2v) is 2.98. The molecule has 1 atom stereocenters. The number of nitrogen functional groups attached to an aromatic ring is 1. The summed E-state index contributed by atoms with van der Waals surface area (Å²) in [7, 11) is 0. The van der Waals surface area contributed by atoms with Gasteiger partial charge in [-0.15, -0.1) is 0 Å². The van der Waals surface area contributed by atoms with Gasteiger partial charge >= 0.3 is 0 Å². The molecule has 0 aliphatic heterocycles. The number of hydrogen-bond donors (Lipinski definition) is 1. The van der Waals surface area contributed by atoms with E-state index in [1.165, 1.54) is 0 Å². The summed E-state index contributed by atoms with van der Waals surface area (Å²) in [6.45, 7) is 2.35. The minimum Gasteiger partial charge on any atom is -0.464 e. The zero-order valence-corrected chi connectivity index (χ0v) is 8.68. The molecule has 4 nitrogen and oxygen atoms in total. The van der Waals surface area contributed by atoms with Crippen molar-refractivity contribution < 1.29 is 14.3 Å². The minimum atomic E-state index is -0.533. The van der Waals surface area contributed by atoms with Gasteiger partial charge in [0.25, 0.3) is 0 Å². The molecule has 1 rings (SSSR count). The molecule has 0 saturated heterocycles. The van der Waals surface area contributed by atoms with Crippen LogP contribution >= 0.6 is 0 Å². The van der Waals surface area contributed by atoms with Gasteiger partial charge in [-0.25, -0.2) is 0 Å². The van der Waals surface area contributed by atoms with Crippen molar-refractivity contribution in [2.75, 3.05) is 12.3 Å². The van der Waals surface area contributed by atoms with Crippen molar-refractivity contribution in [3.05, 3.63) is 24.3 Å². The lowest BCUT2D eigenvalue weighted by Gasteiger charge is -2.16. The Kier molecular flexibility index (Phi) is 4.63. The smallest absolute Gasteiger partial charge is 0.206 e. The third-order valence-corrected chi connectivity index (χ3v) is 1.77. The molecule has 0 bridgehead atoms. The van der Waals surface area contributed by atoms with Gasteiger partial charge in [-0.3, -0.25) is 0 Å². The summed E-state index contributed by atoms with van der Waals surface area (Å²) < 4.78 is 10.7. The van der Waals surface area contributed by atoms with Crippen molar-refractivity contribution in [2.45, 2.75) is 19.6 Å². The van der Waals surface area contributed by atoms with Gasteiger partial charge in [0.2, 0.25) is 6.29 Å². The molecule has 15 heavy (non-hydrogen) atoms. The summed E-state index contributed by atoms with van der Waals surface area (Å²) in [5.74, 6) is 0.607. The Morgan fingerprint density at radius 2 is 2.33 bits per heavy atom. The monoisotopic (exact) mass is 209 g/mol. The highest BCUT2D eigenvalue weighted by molar-refractivity contribution is 5.50. The van der Waals surface area contributed by atoms with Crippen molar-refractivity contribution >= 4 is 12.0 Å². The highest BCUT2D eigenvalue weighted by atomic mass is 16.7. The van der Waals surface area contributed by atoms with Crippen LogP contribution in [-0.4, -0.2) is 19.2 Å². The first kappa shape index (κ1) is 11.5. The maximum absolute atomic E-state index is 10.4. The van der Waals surface area contributed by atoms with E-state index in [9.17, 15) is 4.79 Å². The van der Waals surface area contributed by atoms with E-state index in [0.717, 1.165) is 6.29 Å². The first-order chi connectivity index (χ1) is 7.26. The molecule has 1 aromatic carbocycles. The van der Waals surface area contributed by atoms with Crippen LogP contribution in [0.25, 0.3) is 0 Å². The van der Waals surface area contributed by atoms with E-state index < -0.39 is 6.29 Å². The molecule has 0 aromatic heterocycles. The van der Waals surface area contributed by atoms with Crippen LogP contribution in [0.15, 0.2) is 24.3 Å². The normalized spacial score (nSPS) is 12.1. The summed E-state index contributed by atoms with van der Waals surface area (Å²) in [6, 6.07) is 7.01. The third kappa shape index (κ3) is 3.99. The largest absolute Gasteiger partial charge is 0.464 e. The Bertz CT molecular complexity index is 314. The molecule has 1 unspecified atom stereocenters. The van der Waals surface area contributed by atoms with E-state index in [2.05, 4.69) is 0 Å². The van der Waals surface area contributed by atoms with Crippen molar-refractivity contribution in [1.82, 2.24) is 0 Å². The molecular weight excluding hydrogens is 194 g/mol. The molecule has 0 saturated carbocycles. The zero-order valence-electron chi connectivity index (χ0n) is 8.68. The predicted molar refractivity (Wildman–Crippen MR) is 57.6 cm³/mol. The Labute approximate surface area is 89.0 Å². The second kappa shape index (κ2) is 6.03. The number of nitrogens with two attached hydrogens (primary N) is 1. The van der Waals surface area contributed by atoms with Crippen LogP contribution < -0.4 is 10.5 Å². The average molecular weight is 209 g/mol. The van der Waals surface area contributed by atoms with Crippen molar-refractivity contribution in [2.24, 2.45) is 0 Å². The van der Waals surface area contributed by atoms with Crippen molar-refractivity contribution in [3.8, 4) is 5.75 Å². The number of carbonyl (C=O) groups is 1. The number of carbonyl (C=O) groups excluding carboxylic acids is 1. The molecule has 0 radical (unpaired) electrons. The summed E-state index contributed by atoms with van der Waals surface area (Å²) >= 11 is 0. The van der Waals surface area contributed by atoms with Crippen LogP contribution in [0.2, 0.25) is 0 Å². The van der Waals surface area contributed by atoms with Gasteiger partial charge in [0.1, 0.15) is 12.0 Å². The first-order valence-corrected chi connectivity index (χ1v) is 4.83. The number of hydrogen-bond acceptors (Lipinski definition) is 4. The van der Waals surface area contributed by atoms with Crippen LogP contribution in [-0.2, 0) is 9.53 Å². The summed E-state index contributed by atoms with van der Waals surface area (Å²) in [5.41, 5.74) is 6.21. The van der Waals surface area contributed by atoms with E-state index in [-0.39, 0.29) is 6.42 Å². The molecular formula is C11H15NO3. The van der Waals surface area contributed by atoms with Gasteiger partial charge in [0, 0.05) is 18.4 Å². The van der Waals surface area contributed by atoms with Crippen LogP contribution in [0, 0.1) is 0 Å². The standard InChI is InChI=1S/C11H15NO3/c1-2-14-11(6-7-13)15-10-5-3-4-9(12)8-10/h3-5,7-8,11H,2,6,12H2,1H3. The highest BCUT2D eigenvalue weighted by Crippen LogP contribution is 2.17. The second-order valence-electron chi connectivity index (χ2n) is 2.98. The fourth-order valence-corrected chi connectivity index (χ4v) is 1.15. The fourth-order valence-electron chi connectivity index (χ4n) is 1.15. The van der Waals surface area contributed by atoms with E-state index in [0.29, 0.717) is 18.0 Å². The lowest BCUT2D eigenvalue weighted by molar-refractivity contribution is -0.119. The van der Waals surface area contributed by atoms with Crippen LogP contribution in [0.4, 0.5) is 5.69 Å². The summed E-state index contributed by atoms with van der Waals surface area (Å²) in [6.07, 6.45) is 0.448. The third-order valence-electron chi connectivity index (χ3n) is 1.77. The Balaban J connectivity index is 2.60. The number of ether oxygens (including phenoxy) is 2. The summed E-state index contributed by atoms with van der Waals surface area (Å²) in [5, 5.41) is 0. The molecule has 1 aromatic rings. The van der Waals surface area contributed by atoms with Crippen LogP contribution in [0.3, 0.4) is 0 Å². The number of benzene rings is 1. The van der Waals surface area contributed by atoms with Gasteiger partial charge in [0.15, 0.2) is 0 Å². The van der Waals surface area contributed by atoms with E-state index in [1.807, 2.05) is 6.92 Å². The van der Waals surface area contributed by atoms with Gasteiger partial charge in [-0.05, 0) is 19.1 Å². The predicted octanol–water partition coefficient (Wildman–Crippen LogP) is 1.60. The molecule has 0 aliphatic carbocycles. The van der Waals surface area contributed by atoms with Gasteiger partial charge in [-0.2, -0.15) is 0 Å². The Hall–Kier alpha value is -1.55.